The Kier molecular flexibility index (Phi) is 19.3. The van der Waals surface area contributed by atoms with Gasteiger partial charge in [0.1, 0.15) is 37.1 Å². The molecule has 1 aliphatic heterocycles. The maximum absolute atomic E-state index is 12.7. The number of hydrogen-bond acceptors (Lipinski definition) is 14. The van der Waals surface area contributed by atoms with Gasteiger partial charge in [-0.2, -0.15) is 11.8 Å². The van der Waals surface area contributed by atoms with Crippen molar-refractivity contribution in [3.63, 3.8) is 0 Å². The summed E-state index contributed by atoms with van der Waals surface area (Å²) in [6.07, 6.45) is 4.01. The highest BCUT2D eigenvalue weighted by Gasteiger charge is 2.44. The molecule has 2 heterocycles. The van der Waals surface area contributed by atoms with E-state index in [1.54, 1.807) is 0 Å². The molecule has 0 bridgehead atoms. The van der Waals surface area contributed by atoms with Gasteiger partial charge in [-0.05, 0) is 12.8 Å². The number of rotatable bonds is 23. The summed E-state index contributed by atoms with van der Waals surface area (Å²) in [5.41, 5.74) is 6.08. The molecule has 264 valence electrons. The first-order valence-corrected chi connectivity index (χ1v) is 17.5. The first kappa shape index (κ1) is 39.8. The van der Waals surface area contributed by atoms with E-state index in [9.17, 15) is 34.8 Å². The number of esters is 2. The number of ether oxygens (including phenoxy) is 3. The average Bonchev–Trinajstić information content (AvgIpc) is 3.50. The van der Waals surface area contributed by atoms with Crippen LogP contribution in [0.4, 0.5) is 5.82 Å². The zero-order valence-electron chi connectivity index (χ0n) is 27.0. The lowest BCUT2D eigenvalue weighted by atomic mass is 9.98. The summed E-state index contributed by atoms with van der Waals surface area (Å²) < 4.78 is 17.5. The van der Waals surface area contributed by atoms with Crippen LogP contribution in [-0.4, -0.2) is 115 Å². The average molecular weight is 676 g/mol. The number of amides is 1. The summed E-state index contributed by atoms with van der Waals surface area (Å²) in [6.45, 7) is 3.57. The van der Waals surface area contributed by atoms with Crippen LogP contribution in [0.1, 0.15) is 97.1 Å². The lowest BCUT2D eigenvalue weighted by molar-refractivity contribution is -0.254. The zero-order valence-corrected chi connectivity index (χ0v) is 27.8. The van der Waals surface area contributed by atoms with E-state index in [0.717, 1.165) is 68.9 Å². The Morgan fingerprint density at radius 1 is 0.957 bits per heavy atom. The zero-order chi connectivity index (χ0) is 33.9. The molecule has 1 aromatic heterocycles. The SMILES string of the molecule is CCCCCCCC(=O)OC[C@H](CSC[C@@H](N)C(=O)Nc1cn([C@H]2OC(CO)C(O)C(O)C2O)nn1)OC(=O)CCCCCCC. The second-order valence-corrected chi connectivity index (χ2v) is 12.6. The van der Waals surface area contributed by atoms with Crippen molar-refractivity contribution in [3.05, 3.63) is 6.20 Å². The summed E-state index contributed by atoms with van der Waals surface area (Å²) in [7, 11) is 0. The number of unbranched alkanes of at least 4 members (excludes halogenated alkanes) is 8. The third kappa shape index (κ3) is 14.2. The molecule has 46 heavy (non-hydrogen) atoms. The summed E-state index contributed by atoms with van der Waals surface area (Å²) in [5, 5.41) is 49.8. The number of anilines is 1. The van der Waals surface area contributed by atoms with Gasteiger partial charge >= 0.3 is 11.9 Å². The van der Waals surface area contributed by atoms with Crippen LogP contribution in [0.3, 0.4) is 0 Å². The van der Waals surface area contributed by atoms with E-state index >= 15 is 0 Å². The van der Waals surface area contributed by atoms with Gasteiger partial charge in [-0.15, -0.1) is 5.10 Å². The van der Waals surface area contributed by atoms with E-state index in [1.807, 2.05) is 0 Å². The Balaban J connectivity index is 1.85. The molecule has 16 heteroatoms. The highest BCUT2D eigenvalue weighted by Crippen LogP contribution is 2.28. The van der Waals surface area contributed by atoms with Gasteiger partial charge in [0, 0.05) is 24.3 Å². The highest BCUT2D eigenvalue weighted by molar-refractivity contribution is 7.99. The molecule has 0 aromatic carbocycles. The first-order chi connectivity index (χ1) is 22.1. The molecule has 1 aliphatic rings. The van der Waals surface area contributed by atoms with E-state index in [-0.39, 0.29) is 42.3 Å². The number of aliphatic hydroxyl groups is 4. The second kappa shape index (κ2) is 22.3. The Hall–Kier alpha value is -2.34. The lowest BCUT2D eigenvalue weighted by Gasteiger charge is -2.39. The Morgan fingerprint density at radius 2 is 1.59 bits per heavy atom. The normalized spacial score (nSPS) is 22.6. The molecule has 1 aromatic rings. The van der Waals surface area contributed by atoms with E-state index in [0.29, 0.717) is 6.42 Å². The number of carbonyl (C=O) groups excluding carboxylic acids is 3. The standard InChI is InChI=1S/C30H53N5O10S/c1-3-5-7-9-11-13-24(37)43-17-20(44-25(38)14-12-10-8-6-4-2)18-46-19-21(31)29(42)32-23-15-35(34-33-23)30-28(41)27(40)26(39)22(16-36)45-30/h15,20-22,26-28,30,36,39-41H,3-14,16-19,31H2,1-2H3,(H,32,42)/t20-,21-,22?,26?,27?,28?,30+/m1/s1. The molecular weight excluding hydrogens is 622 g/mol. The van der Waals surface area contributed by atoms with Crippen molar-refractivity contribution in [1.82, 2.24) is 15.0 Å². The number of aromatic nitrogens is 3. The number of nitrogens with zero attached hydrogens (tertiary/aromatic N) is 3. The quantitative estimate of drug-likeness (QED) is 0.0712. The number of hydrogen-bond donors (Lipinski definition) is 6. The van der Waals surface area contributed by atoms with Crippen LogP contribution in [0.25, 0.3) is 0 Å². The summed E-state index contributed by atoms with van der Waals surface area (Å²) in [6, 6.07) is -0.983. The maximum atomic E-state index is 12.7. The molecule has 7 atom stereocenters. The molecule has 0 aliphatic carbocycles. The maximum Gasteiger partial charge on any atom is 0.306 e. The van der Waals surface area contributed by atoms with Gasteiger partial charge in [0.25, 0.3) is 0 Å². The molecule has 1 fully saturated rings. The minimum absolute atomic E-state index is 0.00485. The fourth-order valence-electron chi connectivity index (χ4n) is 4.74. The number of thioether (sulfide) groups is 1. The largest absolute Gasteiger partial charge is 0.462 e. The number of carbonyl (C=O) groups is 3. The molecule has 7 N–H and O–H groups in total. The predicted octanol–water partition coefficient (Wildman–Crippen LogP) is 1.43. The van der Waals surface area contributed by atoms with Crippen LogP contribution in [0, 0.1) is 0 Å². The number of nitrogens with one attached hydrogen (secondary N) is 1. The first-order valence-electron chi connectivity index (χ1n) is 16.3. The van der Waals surface area contributed by atoms with Gasteiger partial charge in [0.15, 0.2) is 12.0 Å². The molecule has 0 saturated carbocycles. The smallest absolute Gasteiger partial charge is 0.306 e. The summed E-state index contributed by atoms with van der Waals surface area (Å²) in [4.78, 5) is 37.4. The molecule has 1 amide bonds. The fourth-order valence-corrected chi connectivity index (χ4v) is 5.71. The van der Waals surface area contributed by atoms with Crippen molar-refractivity contribution in [1.29, 1.82) is 0 Å². The lowest BCUT2D eigenvalue weighted by Crippen LogP contribution is -2.56. The Labute approximate surface area is 274 Å². The summed E-state index contributed by atoms with van der Waals surface area (Å²) in [5.74, 6) is -0.863. The molecular formula is C30H53N5O10S. The van der Waals surface area contributed by atoms with Crippen LogP contribution in [0.15, 0.2) is 6.20 Å². The minimum Gasteiger partial charge on any atom is -0.462 e. The molecule has 4 unspecified atom stereocenters. The second-order valence-electron chi connectivity index (χ2n) is 11.6. The number of nitrogens with two attached hydrogens (primary N) is 1. The van der Waals surface area contributed by atoms with Crippen molar-refractivity contribution in [2.75, 3.05) is 30.0 Å². The molecule has 15 nitrogen and oxygen atoms in total. The van der Waals surface area contributed by atoms with Crippen molar-refractivity contribution < 1.29 is 49.0 Å². The van der Waals surface area contributed by atoms with E-state index < -0.39 is 55.3 Å². The van der Waals surface area contributed by atoms with Crippen LogP contribution < -0.4 is 11.1 Å². The van der Waals surface area contributed by atoms with Gasteiger partial charge in [0.2, 0.25) is 5.91 Å². The van der Waals surface area contributed by atoms with Crippen molar-refractivity contribution in [2.45, 2.75) is 134 Å². The fraction of sp³-hybridized carbons (Fsp3) is 0.833. The van der Waals surface area contributed by atoms with Crippen LogP contribution in [-0.2, 0) is 28.6 Å². The topological polar surface area (TPSA) is 229 Å². The third-order valence-electron chi connectivity index (χ3n) is 7.52. The monoisotopic (exact) mass is 675 g/mol. The van der Waals surface area contributed by atoms with Gasteiger partial charge in [-0.25, -0.2) is 4.68 Å². The molecule has 1 saturated heterocycles. The van der Waals surface area contributed by atoms with Gasteiger partial charge in [0.05, 0.1) is 18.8 Å². The van der Waals surface area contributed by atoms with Crippen molar-refractivity contribution >= 4 is 35.4 Å². The highest BCUT2D eigenvalue weighted by atomic mass is 32.2. The predicted molar refractivity (Wildman–Crippen MR) is 171 cm³/mol. The van der Waals surface area contributed by atoms with E-state index in [4.69, 9.17) is 19.9 Å². The van der Waals surface area contributed by atoms with E-state index in [2.05, 4.69) is 29.5 Å². The van der Waals surface area contributed by atoms with Gasteiger partial charge < -0.3 is 45.7 Å². The van der Waals surface area contributed by atoms with Gasteiger partial charge in [-0.1, -0.05) is 70.4 Å². The van der Waals surface area contributed by atoms with Crippen LogP contribution >= 0.6 is 11.8 Å². The van der Waals surface area contributed by atoms with Gasteiger partial charge in [-0.3, -0.25) is 14.4 Å². The number of aliphatic hydroxyl groups excluding tert-OH is 4. The van der Waals surface area contributed by atoms with Crippen molar-refractivity contribution in [3.8, 4) is 0 Å². The Morgan fingerprint density at radius 3 is 2.22 bits per heavy atom. The summed E-state index contributed by atoms with van der Waals surface area (Å²) >= 11 is 1.27. The van der Waals surface area contributed by atoms with Crippen molar-refractivity contribution in [2.24, 2.45) is 5.73 Å². The molecule has 0 spiro atoms. The molecule has 2 rings (SSSR count). The molecule has 0 radical (unpaired) electrons. The van der Waals surface area contributed by atoms with Crippen LogP contribution in [0.5, 0.6) is 0 Å². The Bertz CT molecular complexity index is 1030. The minimum atomic E-state index is -1.60. The third-order valence-corrected chi connectivity index (χ3v) is 8.73. The van der Waals surface area contributed by atoms with E-state index in [1.165, 1.54) is 18.0 Å². The van der Waals surface area contributed by atoms with Crippen LogP contribution in [0.2, 0.25) is 0 Å².